The highest BCUT2D eigenvalue weighted by Crippen LogP contribution is 2.18. The average molecular weight is 1170 g/mol. The molecule has 0 saturated carbocycles. The summed E-state index contributed by atoms with van der Waals surface area (Å²) in [7, 11) is 5.99. The first-order valence-corrected chi connectivity index (χ1v) is 35.5. The Morgan fingerprint density at radius 1 is 0.361 bits per heavy atom. The number of allylic oxidation sites excluding steroid dienone is 10. The van der Waals surface area contributed by atoms with E-state index in [0.717, 1.165) is 57.8 Å². The van der Waals surface area contributed by atoms with Crippen molar-refractivity contribution in [2.75, 3.05) is 47.5 Å². The third kappa shape index (κ3) is 66.4. The Balaban J connectivity index is 4.09. The maximum absolute atomic E-state index is 12.9. The zero-order valence-electron chi connectivity index (χ0n) is 55.4. The van der Waals surface area contributed by atoms with Crippen molar-refractivity contribution in [1.82, 2.24) is 0 Å². The first kappa shape index (κ1) is 80.0. The second-order valence-corrected chi connectivity index (χ2v) is 25.2. The summed E-state index contributed by atoms with van der Waals surface area (Å²) in [6, 6.07) is 0. The molecule has 0 aliphatic heterocycles. The number of likely N-dealkylation sites (N-methyl/N-ethyl adjacent to an activating group) is 1. The minimum Gasteiger partial charge on any atom is -0.477 e. The van der Waals surface area contributed by atoms with Crippen LogP contribution in [0.1, 0.15) is 335 Å². The van der Waals surface area contributed by atoms with Crippen molar-refractivity contribution in [1.29, 1.82) is 0 Å². The SMILES string of the molecule is CCCCCCC/C=C\C/C=C\C/C=C\CCCCCCCCCCCCCCCCC(=O)OC(COC(=O)CCCCCCCCCCCCCCCCCCC/C=C\C/C=C\CCCCCCC)COC(OCC[N+](C)(C)C)C(=O)O. The van der Waals surface area contributed by atoms with Crippen LogP contribution in [0, 0.1) is 0 Å². The van der Waals surface area contributed by atoms with Crippen LogP contribution in [0.5, 0.6) is 0 Å². The van der Waals surface area contributed by atoms with Crippen LogP contribution in [-0.4, -0.2) is 87.4 Å². The summed E-state index contributed by atoms with van der Waals surface area (Å²) in [6.07, 6.45) is 81.9. The third-order valence-corrected chi connectivity index (χ3v) is 15.7. The first-order chi connectivity index (χ1) is 40.6. The zero-order valence-corrected chi connectivity index (χ0v) is 55.4. The van der Waals surface area contributed by atoms with E-state index in [1.54, 1.807) is 0 Å². The molecule has 9 heteroatoms. The highest BCUT2D eigenvalue weighted by atomic mass is 16.7. The van der Waals surface area contributed by atoms with E-state index in [0.29, 0.717) is 17.4 Å². The number of aliphatic carboxylic acids is 1. The monoisotopic (exact) mass is 1170 g/mol. The largest absolute Gasteiger partial charge is 0.477 e. The molecular weight excluding hydrogens is 1030 g/mol. The second-order valence-electron chi connectivity index (χ2n) is 25.2. The molecule has 0 aromatic carbocycles. The van der Waals surface area contributed by atoms with E-state index < -0.39 is 24.3 Å². The number of ether oxygens (including phenoxy) is 4. The molecule has 0 radical (unpaired) electrons. The van der Waals surface area contributed by atoms with E-state index in [2.05, 4.69) is 74.6 Å². The van der Waals surface area contributed by atoms with Gasteiger partial charge in [-0.05, 0) is 83.5 Å². The molecule has 0 aliphatic rings. The van der Waals surface area contributed by atoms with Crippen molar-refractivity contribution < 1.29 is 42.9 Å². The van der Waals surface area contributed by atoms with Gasteiger partial charge < -0.3 is 28.5 Å². The maximum Gasteiger partial charge on any atom is 0.361 e. The van der Waals surface area contributed by atoms with Crippen LogP contribution in [0.2, 0.25) is 0 Å². The van der Waals surface area contributed by atoms with Gasteiger partial charge in [0.1, 0.15) is 13.2 Å². The predicted octanol–water partition coefficient (Wildman–Crippen LogP) is 21.9. The van der Waals surface area contributed by atoms with Crippen LogP contribution < -0.4 is 0 Å². The van der Waals surface area contributed by atoms with E-state index in [4.69, 9.17) is 18.9 Å². The van der Waals surface area contributed by atoms with E-state index in [9.17, 15) is 19.5 Å². The standard InChI is InChI=1S/C74H135NO8/c1-6-8-10-12-14-16-18-20-22-24-26-28-30-32-34-36-38-40-42-44-46-48-50-52-54-56-58-60-62-64-71(76)81-68-70(69-82-74(73(78)79)80-67-66-75(3,4)5)83-72(77)65-63-61-59-57-55-53-51-49-47-45-43-41-39-37-35-33-31-29-27-25-23-21-19-17-15-13-11-9-7-2/h18-21,24-27,31,33,70,74H,6-17,22-23,28-30,32,34-69H2,1-5H3/p+1/b20-18-,21-19-,26-24-,27-25-,33-31-. The summed E-state index contributed by atoms with van der Waals surface area (Å²) in [5.41, 5.74) is 0. The van der Waals surface area contributed by atoms with Gasteiger partial charge in [-0.1, -0.05) is 299 Å². The zero-order chi connectivity index (χ0) is 60.5. The normalized spacial score (nSPS) is 13.0. The lowest BCUT2D eigenvalue weighted by Gasteiger charge is -2.25. The fourth-order valence-corrected chi connectivity index (χ4v) is 10.3. The van der Waals surface area contributed by atoms with Crippen LogP contribution in [0.15, 0.2) is 60.8 Å². The Morgan fingerprint density at radius 3 is 0.964 bits per heavy atom. The summed E-state index contributed by atoms with van der Waals surface area (Å²) in [5, 5.41) is 9.75. The van der Waals surface area contributed by atoms with Crippen molar-refractivity contribution in [3.63, 3.8) is 0 Å². The molecule has 1 N–H and O–H groups in total. The van der Waals surface area contributed by atoms with E-state index in [1.807, 2.05) is 21.1 Å². The predicted molar refractivity (Wildman–Crippen MR) is 355 cm³/mol. The van der Waals surface area contributed by atoms with Crippen LogP contribution in [0.3, 0.4) is 0 Å². The highest BCUT2D eigenvalue weighted by molar-refractivity contribution is 5.71. The Kier molecular flexibility index (Phi) is 62.6. The molecule has 0 bridgehead atoms. The Hall–Kier alpha value is -3.01. The number of quaternary nitrogens is 1. The molecule has 2 unspecified atom stereocenters. The average Bonchev–Trinajstić information content (AvgIpc) is 3.46. The summed E-state index contributed by atoms with van der Waals surface area (Å²) in [5.74, 6) is -1.99. The summed E-state index contributed by atoms with van der Waals surface area (Å²) in [4.78, 5) is 37.6. The van der Waals surface area contributed by atoms with Crippen LogP contribution >= 0.6 is 0 Å². The molecule has 0 amide bonds. The Morgan fingerprint density at radius 2 is 0.651 bits per heavy atom. The van der Waals surface area contributed by atoms with Gasteiger partial charge in [-0.15, -0.1) is 0 Å². The fourth-order valence-electron chi connectivity index (χ4n) is 10.3. The van der Waals surface area contributed by atoms with Gasteiger partial charge in [-0.3, -0.25) is 9.59 Å². The van der Waals surface area contributed by atoms with Crippen LogP contribution in [0.25, 0.3) is 0 Å². The van der Waals surface area contributed by atoms with E-state index in [1.165, 1.54) is 250 Å². The van der Waals surface area contributed by atoms with E-state index in [-0.39, 0.29) is 32.2 Å². The Labute approximate surface area is 514 Å². The molecule has 0 aromatic rings. The molecule has 0 spiro atoms. The van der Waals surface area contributed by atoms with Gasteiger partial charge >= 0.3 is 17.9 Å². The first-order valence-electron chi connectivity index (χ1n) is 35.5. The van der Waals surface area contributed by atoms with Gasteiger partial charge in [0.25, 0.3) is 6.29 Å². The van der Waals surface area contributed by atoms with Crippen LogP contribution in [0.4, 0.5) is 0 Å². The molecule has 83 heavy (non-hydrogen) atoms. The van der Waals surface area contributed by atoms with Gasteiger partial charge in [0.05, 0.1) is 34.4 Å². The van der Waals surface area contributed by atoms with Gasteiger partial charge in [-0.25, -0.2) is 4.79 Å². The lowest BCUT2D eigenvalue weighted by Crippen LogP contribution is -2.40. The second kappa shape index (κ2) is 65.0. The van der Waals surface area contributed by atoms with Crippen molar-refractivity contribution in [3.05, 3.63) is 60.8 Å². The van der Waals surface area contributed by atoms with E-state index >= 15 is 0 Å². The molecule has 0 rings (SSSR count). The number of nitrogens with zero attached hydrogens (tertiary/aromatic N) is 1. The number of hydrogen-bond donors (Lipinski definition) is 1. The topological polar surface area (TPSA) is 108 Å². The number of unbranched alkanes of at least 4 members (excludes halogenated alkanes) is 41. The number of carboxylic acids is 1. The van der Waals surface area contributed by atoms with Crippen molar-refractivity contribution in [3.8, 4) is 0 Å². The number of rotatable bonds is 66. The fraction of sp³-hybridized carbons (Fsp3) is 0.824. The number of hydrogen-bond acceptors (Lipinski definition) is 7. The molecule has 2 atom stereocenters. The molecule has 0 heterocycles. The molecular formula is C74H136NO8+. The molecule has 484 valence electrons. The van der Waals surface area contributed by atoms with Crippen molar-refractivity contribution >= 4 is 17.9 Å². The van der Waals surface area contributed by atoms with Gasteiger partial charge in [0, 0.05) is 12.8 Å². The quantitative estimate of drug-likeness (QED) is 0.0211. The van der Waals surface area contributed by atoms with Crippen LogP contribution in [-0.2, 0) is 33.3 Å². The van der Waals surface area contributed by atoms with Gasteiger partial charge in [-0.2, -0.15) is 0 Å². The molecule has 0 fully saturated rings. The van der Waals surface area contributed by atoms with Crippen molar-refractivity contribution in [2.24, 2.45) is 0 Å². The summed E-state index contributed by atoms with van der Waals surface area (Å²) in [6.45, 7) is 4.90. The minimum atomic E-state index is -1.51. The molecule has 0 saturated heterocycles. The van der Waals surface area contributed by atoms with Crippen molar-refractivity contribution in [2.45, 2.75) is 347 Å². The third-order valence-electron chi connectivity index (χ3n) is 15.7. The molecule has 0 aliphatic carbocycles. The molecule has 9 nitrogen and oxygen atoms in total. The van der Waals surface area contributed by atoms with Gasteiger partial charge in [0.2, 0.25) is 0 Å². The molecule has 0 aromatic heterocycles. The number of carbonyl (C=O) groups is 3. The number of esters is 2. The lowest BCUT2D eigenvalue weighted by molar-refractivity contribution is -0.870. The Bertz CT molecular complexity index is 1550. The highest BCUT2D eigenvalue weighted by Gasteiger charge is 2.25. The summed E-state index contributed by atoms with van der Waals surface area (Å²) >= 11 is 0. The summed E-state index contributed by atoms with van der Waals surface area (Å²) < 4.78 is 23.0. The lowest BCUT2D eigenvalue weighted by atomic mass is 10.0. The maximum atomic E-state index is 12.9. The smallest absolute Gasteiger partial charge is 0.361 e. The minimum absolute atomic E-state index is 0.180. The number of carboxylic acid groups (broad SMARTS) is 1. The van der Waals surface area contributed by atoms with Gasteiger partial charge in [0.15, 0.2) is 6.10 Å². The number of carbonyl (C=O) groups excluding carboxylic acids is 2.